The summed E-state index contributed by atoms with van der Waals surface area (Å²) in [6, 6.07) is 2.61. The summed E-state index contributed by atoms with van der Waals surface area (Å²) in [6.45, 7) is 0. The van der Waals surface area contributed by atoms with Gasteiger partial charge in [-0.25, -0.2) is 0 Å². The Morgan fingerprint density at radius 2 is 2.39 bits per heavy atom. The number of thiophene rings is 1. The van der Waals surface area contributed by atoms with Crippen LogP contribution in [0, 0.1) is 11.3 Å². The largest absolute Gasteiger partial charge is 0.480 e. The van der Waals surface area contributed by atoms with Crippen molar-refractivity contribution in [3.05, 3.63) is 17.0 Å². The number of carbonyl (C=O) groups is 2. The smallest absolute Gasteiger partial charge is 0.321 e. The maximum Gasteiger partial charge on any atom is 0.321 e. The minimum Gasteiger partial charge on any atom is -0.480 e. The summed E-state index contributed by atoms with van der Waals surface area (Å²) in [5.41, 5.74) is 5.71. The molecule has 1 rings (SSSR count). The molecule has 0 radical (unpaired) electrons. The molecule has 0 fully saturated rings. The van der Waals surface area contributed by atoms with Crippen LogP contribution in [-0.4, -0.2) is 34.5 Å². The maximum atomic E-state index is 11.5. The van der Waals surface area contributed by atoms with E-state index in [9.17, 15) is 9.59 Å². The number of amides is 1. The quantitative estimate of drug-likeness (QED) is 0.708. The van der Waals surface area contributed by atoms with E-state index in [-0.39, 0.29) is 17.4 Å². The normalized spacial score (nSPS) is 11.6. The van der Waals surface area contributed by atoms with Crippen molar-refractivity contribution in [2.45, 2.75) is 6.04 Å². The second kappa shape index (κ2) is 7.00. The van der Waals surface area contributed by atoms with Gasteiger partial charge in [0.25, 0.3) is 0 Å². The average molecular weight is 285 g/mol. The molecule has 1 atom stereocenters. The number of thioether (sulfide) groups is 1. The van der Waals surface area contributed by atoms with E-state index in [2.05, 4.69) is 5.32 Å². The highest BCUT2D eigenvalue weighted by atomic mass is 32.2. The molecule has 0 spiro atoms. The highest BCUT2D eigenvalue weighted by Gasteiger charge is 2.13. The molecule has 4 N–H and O–H groups in total. The molecule has 0 unspecified atom stereocenters. The minimum absolute atomic E-state index is 0.101. The third kappa shape index (κ3) is 4.37. The molecule has 96 valence electrons. The first-order valence-corrected chi connectivity index (χ1v) is 6.91. The van der Waals surface area contributed by atoms with Crippen molar-refractivity contribution in [3.63, 3.8) is 0 Å². The molecule has 1 aromatic rings. The Hall–Kier alpha value is -1.56. The van der Waals surface area contributed by atoms with Crippen molar-refractivity contribution in [1.82, 2.24) is 0 Å². The van der Waals surface area contributed by atoms with Crippen molar-refractivity contribution in [3.8, 4) is 6.07 Å². The molecule has 6 nitrogen and oxygen atoms in total. The molecule has 0 aromatic carbocycles. The summed E-state index contributed by atoms with van der Waals surface area (Å²) in [6.07, 6.45) is 0. The van der Waals surface area contributed by atoms with Gasteiger partial charge >= 0.3 is 5.97 Å². The molecular formula is C10H11N3O3S2. The van der Waals surface area contributed by atoms with Crippen LogP contribution in [0.1, 0.15) is 5.56 Å². The summed E-state index contributed by atoms with van der Waals surface area (Å²) < 4.78 is 0. The molecule has 0 bridgehead atoms. The monoisotopic (exact) mass is 285 g/mol. The zero-order valence-electron chi connectivity index (χ0n) is 9.25. The van der Waals surface area contributed by atoms with E-state index in [0.29, 0.717) is 10.6 Å². The Labute approximate surface area is 112 Å². The molecule has 18 heavy (non-hydrogen) atoms. The van der Waals surface area contributed by atoms with Crippen LogP contribution in [-0.2, 0) is 9.59 Å². The summed E-state index contributed by atoms with van der Waals surface area (Å²) in [5, 5.41) is 22.1. The highest BCUT2D eigenvalue weighted by molar-refractivity contribution is 8.00. The first-order chi connectivity index (χ1) is 8.54. The number of hydrogen-bond acceptors (Lipinski definition) is 6. The number of hydrogen-bond donors (Lipinski definition) is 3. The number of carboxylic acid groups (broad SMARTS) is 1. The Bertz CT molecular complexity index is 481. The van der Waals surface area contributed by atoms with Crippen LogP contribution in [0.15, 0.2) is 11.4 Å². The lowest BCUT2D eigenvalue weighted by Gasteiger charge is -2.06. The number of nitrogens with one attached hydrogen (secondary N) is 1. The highest BCUT2D eigenvalue weighted by Crippen LogP contribution is 2.22. The number of nitrogens with zero attached hydrogens (tertiary/aromatic N) is 1. The zero-order valence-corrected chi connectivity index (χ0v) is 10.9. The molecular weight excluding hydrogens is 274 g/mol. The van der Waals surface area contributed by atoms with Gasteiger partial charge in [0, 0.05) is 5.75 Å². The topological polar surface area (TPSA) is 116 Å². The van der Waals surface area contributed by atoms with Crippen LogP contribution >= 0.6 is 23.1 Å². The van der Waals surface area contributed by atoms with Crippen LogP contribution in [0.3, 0.4) is 0 Å². The second-order valence-electron chi connectivity index (χ2n) is 3.28. The van der Waals surface area contributed by atoms with E-state index in [1.54, 1.807) is 11.4 Å². The molecule has 0 aliphatic heterocycles. The Morgan fingerprint density at radius 1 is 1.67 bits per heavy atom. The van der Waals surface area contributed by atoms with Crippen molar-refractivity contribution in [2.75, 3.05) is 16.8 Å². The van der Waals surface area contributed by atoms with Gasteiger partial charge in [0.05, 0.1) is 11.3 Å². The number of carbonyl (C=O) groups excluding carboxylic acids is 1. The summed E-state index contributed by atoms with van der Waals surface area (Å²) in [4.78, 5) is 21.9. The second-order valence-corrected chi connectivity index (χ2v) is 5.23. The van der Waals surface area contributed by atoms with Gasteiger partial charge in [0.2, 0.25) is 5.91 Å². The van der Waals surface area contributed by atoms with E-state index >= 15 is 0 Å². The molecule has 0 saturated carbocycles. The number of anilines is 1. The molecule has 8 heteroatoms. The van der Waals surface area contributed by atoms with Crippen molar-refractivity contribution < 1.29 is 14.7 Å². The molecule has 1 amide bonds. The minimum atomic E-state index is -1.09. The van der Waals surface area contributed by atoms with E-state index < -0.39 is 12.0 Å². The van der Waals surface area contributed by atoms with Gasteiger partial charge in [-0.3, -0.25) is 9.59 Å². The third-order valence-electron chi connectivity index (χ3n) is 1.89. The van der Waals surface area contributed by atoms with Gasteiger partial charge in [-0.2, -0.15) is 5.26 Å². The van der Waals surface area contributed by atoms with Crippen molar-refractivity contribution in [2.24, 2.45) is 5.73 Å². The molecule has 0 aliphatic carbocycles. The van der Waals surface area contributed by atoms with Crippen LogP contribution in [0.4, 0.5) is 5.00 Å². The lowest BCUT2D eigenvalue weighted by atomic mass is 10.3. The van der Waals surface area contributed by atoms with Gasteiger partial charge in [0.15, 0.2) is 0 Å². The lowest BCUT2D eigenvalue weighted by Crippen LogP contribution is -2.33. The van der Waals surface area contributed by atoms with Crippen LogP contribution < -0.4 is 11.1 Å². The van der Waals surface area contributed by atoms with E-state index in [1.807, 2.05) is 6.07 Å². The van der Waals surface area contributed by atoms with Gasteiger partial charge in [-0.15, -0.1) is 23.1 Å². The molecule has 1 aromatic heterocycles. The van der Waals surface area contributed by atoms with Gasteiger partial charge in [0.1, 0.15) is 17.1 Å². The van der Waals surface area contributed by atoms with E-state index in [1.165, 1.54) is 11.3 Å². The number of carboxylic acids is 1. The SMILES string of the molecule is N#Cc1ccsc1NC(=O)CSC[C@@H](N)C(=O)O. The number of nitrogens with two attached hydrogens (primary N) is 1. The fraction of sp³-hybridized carbons (Fsp3) is 0.300. The third-order valence-corrected chi connectivity index (χ3v) is 3.78. The lowest BCUT2D eigenvalue weighted by molar-refractivity contribution is -0.137. The zero-order chi connectivity index (χ0) is 13.5. The number of aliphatic carboxylic acids is 1. The Kier molecular flexibility index (Phi) is 5.64. The van der Waals surface area contributed by atoms with Crippen molar-refractivity contribution in [1.29, 1.82) is 5.26 Å². The molecule has 1 heterocycles. The van der Waals surface area contributed by atoms with Gasteiger partial charge < -0.3 is 16.2 Å². The van der Waals surface area contributed by atoms with Crippen LogP contribution in [0.5, 0.6) is 0 Å². The van der Waals surface area contributed by atoms with Crippen LogP contribution in [0.2, 0.25) is 0 Å². The van der Waals surface area contributed by atoms with E-state index in [4.69, 9.17) is 16.1 Å². The van der Waals surface area contributed by atoms with Crippen LogP contribution in [0.25, 0.3) is 0 Å². The predicted molar refractivity (Wildman–Crippen MR) is 70.6 cm³/mol. The predicted octanol–water partition coefficient (Wildman–Crippen LogP) is 0.703. The van der Waals surface area contributed by atoms with Gasteiger partial charge in [-0.1, -0.05) is 0 Å². The molecule has 0 aliphatic rings. The Balaban J connectivity index is 2.35. The standard InChI is InChI=1S/C10H11N3O3S2/c11-3-6-1-2-18-9(6)13-8(14)5-17-4-7(12)10(15)16/h1-2,7H,4-5,12H2,(H,13,14)(H,15,16)/t7-/m1/s1. The van der Waals surface area contributed by atoms with Crippen molar-refractivity contribution >= 4 is 40.0 Å². The first-order valence-electron chi connectivity index (χ1n) is 4.88. The molecule has 0 saturated heterocycles. The fourth-order valence-corrected chi connectivity index (χ4v) is 2.53. The first kappa shape index (κ1) is 14.5. The van der Waals surface area contributed by atoms with Gasteiger partial charge in [-0.05, 0) is 11.4 Å². The summed E-state index contributed by atoms with van der Waals surface area (Å²) >= 11 is 2.40. The fourth-order valence-electron chi connectivity index (χ4n) is 1.01. The Morgan fingerprint density at radius 3 is 3.00 bits per heavy atom. The number of nitriles is 1. The summed E-state index contributed by atoms with van der Waals surface area (Å²) in [7, 11) is 0. The van der Waals surface area contributed by atoms with E-state index in [0.717, 1.165) is 11.8 Å². The number of rotatable bonds is 6. The maximum absolute atomic E-state index is 11.5. The average Bonchev–Trinajstić information content (AvgIpc) is 2.75. The summed E-state index contributed by atoms with van der Waals surface area (Å²) in [5.74, 6) is -1.10.